The summed E-state index contributed by atoms with van der Waals surface area (Å²) < 4.78 is 37.1. The highest BCUT2D eigenvalue weighted by Gasteiger charge is 2.34. The summed E-state index contributed by atoms with van der Waals surface area (Å²) in [5.41, 5.74) is -1.41. The van der Waals surface area contributed by atoms with Crippen LogP contribution < -0.4 is 0 Å². The lowest BCUT2D eigenvalue weighted by Crippen LogP contribution is -2.08. The Hall–Kier alpha value is -0.750. The van der Waals surface area contributed by atoms with Crippen LogP contribution in [0, 0.1) is 0 Å². The molecule has 0 atom stereocenters. The number of hydrogen-bond donors (Lipinski definition) is 1. The van der Waals surface area contributed by atoms with Gasteiger partial charge in [0.2, 0.25) is 0 Å². The Balaban J connectivity index is 3.33. The lowest BCUT2D eigenvalue weighted by molar-refractivity contribution is -0.137. The highest BCUT2D eigenvalue weighted by atomic mass is 79.9. The molecule has 0 radical (unpaired) electrons. The molecule has 0 saturated carbocycles. The first-order chi connectivity index (χ1) is 7.27. The van der Waals surface area contributed by atoms with Gasteiger partial charge in [-0.05, 0) is 12.1 Å². The molecule has 1 aromatic carbocycles. The van der Waals surface area contributed by atoms with E-state index in [1.54, 1.807) is 0 Å². The second-order valence-corrected chi connectivity index (χ2v) is 3.87. The summed E-state index contributed by atoms with van der Waals surface area (Å²) >= 11 is 8.23. The van der Waals surface area contributed by atoms with Crippen LogP contribution in [-0.4, -0.2) is 16.2 Å². The van der Waals surface area contributed by atoms with Crippen LogP contribution in [0.2, 0.25) is 5.02 Å². The summed E-state index contributed by atoms with van der Waals surface area (Å²) in [6.45, 7) is 0. The Labute approximate surface area is 102 Å². The van der Waals surface area contributed by atoms with Gasteiger partial charge < -0.3 is 5.11 Å². The third-order valence-electron chi connectivity index (χ3n) is 1.81. The molecule has 0 aromatic heterocycles. The average molecular weight is 317 g/mol. The summed E-state index contributed by atoms with van der Waals surface area (Å²) in [6, 6.07) is 1.25. The van der Waals surface area contributed by atoms with Gasteiger partial charge in [0.1, 0.15) is 5.75 Å². The van der Waals surface area contributed by atoms with Crippen molar-refractivity contribution >= 4 is 33.3 Å². The van der Waals surface area contributed by atoms with Crippen LogP contribution in [0.1, 0.15) is 15.9 Å². The van der Waals surface area contributed by atoms with Crippen molar-refractivity contribution < 1.29 is 23.1 Å². The van der Waals surface area contributed by atoms with Crippen LogP contribution in [-0.2, 0) is 6.18 Å². The van der Waals surface area contributed by atoms with E-state index in [4.69, 9.17) is 11.6 Å². The molecule has 0 spiro atoms. The standard InChI is InChI=1S/C9H5BrClF3O2/c10-3-8(16)4-1-6(11)5(2-7(4)15)9(12,13)14/h1-2,15H,3H2. The fraction of sp³-hybridized carbons (Fsp3) is 0.222. The maximum Gasteiger partial charge on any atom is 0.417 e. The number of carbonyl (C=O) groups is 1. The number of aromatic hydroxyl groups is 1. The zero-order valence-electron chi connectivity index (χ0n) is 7.61. The van der Waals surface area contributed by atoms with E-state index < -0.39 is 28.3 Å². The SMILES string of the molecule is O=C(CBr)c1cc(Cl)c(C(F)(F)F)cc1O. The molecule has 0 unspecified atom stereocenters. The molecular formula is C9H5BrClF3O2. The van der Waals surface area contributed by atoms with E-state index in [0.29, 0.717) is 6.07 Å². The van der Waals surface area contributed by atoms with E-state index in [9.17, 15) is 23.1 Å². The van der Waals surface area contributed by atoms with Crippen molar-refractivity contribution in [3.63, 3.8) is 0 Å². The molecule has 0 aliphatic carbocycles. The van der Waals surface area contributed by atoms with Gasteiger partial charge in [0.25, 0.3) is 0 Å². The van der Waals surface area contributed by atoms with Crippen LogP contribution in [0.25, 0.3) is 0 Å². The van der Waals surface area contributed by atoms with Gasteiger partial charge in [-0.25, -0.2) is 0 Å². The molecule has 0 bridgehead atoms. The summed E-state index contributed by atoms with van der Waals surface area (Å²) in [4.78, 5) is 11.2. The number of phenols is 1. The summed E-state index contributed by atoms with van der Waals surface area (Å²) in [6.07, 6.45) is -4.66. The number of halogens is 5. The minimum atomic E-state index is -4.66. The molecule has 1 aromatic rings. The molecule has 0 saturated heterocycles. The molecule has 0 aliphatic rings. The van der Waals surface area contributed by atoms with E-state index >= 15 is 0 Å². The van der Waals surface area contributed by atoms with Crippen LogP contribution >= 0.6 is 27.5 Å². The van der Waals surface area contributed by atoms with Crippen LogP contribution in [0.15, 0.2) is 12.1 Å². The molecule has 88 valence electrons. The number of phenolic OH excluding ortho intramolecular Hbond substituents is 1. The van der Waals surface area contributed by atoms with Gasteiger partial charge >= 0.3 is 6.18 Å². The van der Waals surface area contributed by atoms with Crippen molar-refractivity contribution in [3.05, 3.63) is 28.3 Å². The molecule has 0 amide bonds. The molecule has 2 nitrogen and oxygen atoms in total. The second kappa shape index (κ2) is 4.63. The average Bonchev–Trinajstić information content (AvgIpc) is 2.18. The predicted molar refractivity (Wildman–Crippen MR) is 56.2 cm³/mol. The summed E-state index contributed by atoms with van der Waals surface area (Å²) in [5.74, 6) is -1.28. The molecule has 1 N–H and O–H groups in total. The maximum absolute atomic E-state index is 12.4. The Bertz CT molecular complexity index is 431. The molecule has 16 heavy (non-hydrogen) atoms. The lowest BCUT2D eigenvalue weighted by atomic mass is 10.1. The van der Waals surface area contributed by atoms with E-state index in [0.717, 1.165) is 6.07 Å². The van der Waals surface area contributed by atoms with Gasteiger partial charge in [-0.2, -0.15) is 13.2 Å². The van der Waals surface area contributed by atoms with Crippen molar-refractivity contribution in [1.82, 2.24) is 0 Å². The monoisotopic (exact) mass is 316 g/mol. The first-order valence-electron chi connectivity index (χ1n) is 3.96. The van der Waals surface area contributed by atoms with Crippen molar-refractivity contribution in [3.8, 4) is 5.75 Å². The highest BCUT2D eigenvalue weighted by Crippen LogP contribution is 2.38. The van der Waals surface area contributed by atoms with Crippen LogP contribution in [0.3, 0.4) is 0 Å². The zero-order chi connectivity index (χ0) is 12.5. The van der Waals surface area contributed by atoms with E-state index in [-0.39, 0.29) is 10.9 Å². The third-order valence-corrected chi connectivity index (χ3v) is 2.63. The van der Waals surface area contributed by atoms with Crippen molar-refractivity contribution in [2.75, 3.05) is 5.33 Å². The lowest BCUT2D eigenvalue weighted by Gasteiger charge is -2.11. The topological polar surface area (TPSA) is 37.3 Å². The van der Waals surface area contributed by atoms with Gasteiger partial charge in [-0.1, -0.05) is 27.5 Å². The molecule has 0 heterocycles. The van der Waals surface area contributed by atoms with Gasteiger partial charge in [0.05, 0.1) is 21.5 Å². The molecule has 0 aliphatic heterocycles. The van der Waals surface area contributed by atoms with Gasteiger partial charge in [-0.3, -0.25) is 4.79 Å². The predicted octanol–water partition coefficient (Wildman–Crippen LogP) is 3.64. The largest absolute Gasteiger partial charge is 0.507 e. The summed E-state index contributed by atoms with van der Waals surface area (Å²) in [5, 5.41) is 8.56. The maximum atomic E-state index is 12.4. The molecule has 1 rings (SSSR count). The van der Waals surface area contributed by atoms with Crippen LogP contribution in [0.4, 0.5) is 13.2 Å². The minimum absolute atomic E-state index is 0.109. The molecule has 0 fully saturated rings. The number of alkyl halides is 4. The minimum Gasteiger partial charge on any atom is -0.507 e. The fourth-order valence-electron chi connectivity index (χ4n) is 1.07. The third kappa shape index (κ3) is 2.68. The normalized spacial score (nSPS) is 11.6. The number of benzene rings is 1. The first kappa shape index (κ1) is 13.3. The molecule has 7 heteroatoms. The Morgan fingerprint density at radius 2 is 2.00 bits per heavy atom. The van der Waals surface area contributed by atoms with Crippen molar-refractivity contribution in [1.29, 1.82) is 0 Å². The number of ketones is 1. The smallest absolute Gasteiger partial charge is 0.417 e. The zero-order valence-corrected chi connectivity index (χ0v) is 9.95. The van der Waals surface area contributed by atoms with E-state index in [1.807, 2.05) is 0 Å². The first-order valence-corrected chi connectivity index (χ1v) is 5.46. The van der Waals surface area contributed by atoms with E-state index in [2.05, 4.69) is 15.9 Å². The van der Waals surface area contributed by atoms with Gasteiger partial charge in [0, 0.05) is 0 Å². The number of hydrogen-bond acceptors (Lipinski definition) is 2. The van der Waals surface area contributed by atoms with Crippen molar-refractivity contribution in [2.24, 2.45) is 0 Å². The Kier molecular flexibility index (Phi) is 3.85. The van der Waals surface area contributed by atoms with E-state index in [1.165, 1.54) is 0 Å². The number of Topliss-reactive ketones (excluding diaryl/α,β-unsaturated/α-hetero) is 1. The second-order valence-electron chi connectivity index (χ2n) is 2.90. The van der Waals surface area contributed by atoms with Gasteiger partial charge in [-0.15, -0.1) is 0 Å². The van der Waals surface area contributed by atoms with Crippen molar-refractivity contribution in [2.45, 2.75) is 6.18 Å². The Morgan fingerprint density at radius 3 is 2.44 bits per heavy atom. The fourth-order valence-corrected chi connectivity index (χ4v) is 1.65. The highest BCUT2D eigenvalue weighted by molar-refractivity contribution is 9.09. The number of carbonyl (C=O) groups excluding carboxylic acids is 1. The van der Waals surface area contributed by atoms with Crippen LogP contribution in [0.5, 0.6) is 5.75 Å². The molecular weight excluding hydrogens is 312 g/mol. The summed E-state index contributed by atoms with van der Waals surface area (Å²) in [7, 11) is 0. The number of rotatable bonds is 2. The van der Waals surface area contributed by atoms with Gasteiger partial charge in [0.15, 0.2) is 5.78 Å². The quantitative estimate of drug-likeness (QED) is 0.668. The Morgan fingerprint density at radius 1 is 1.44 bits per heavy atom.